The Balaban J connectivity index is 1.68. The van der Waals surface area contributed by atoms with Gasteiger partial charge in [0.2, 0.25) is 5.91 Å². The number of hydrogen-bond donors (Lipinski definition) is 1. The summed E-state index contributed by atoms with van der Waals surface area (Å²) in [6.45, 7) is 4.04. The van der Waals surface area contributed by atoms with Crippen LogP contribution in [0.5, 0.6) is 0 Å². The van der Waals surface area contributed by atoms with Crippen LogP contribution in [0.25, 0.3) is 5.69 Å². The van der Waals surface area contributed by atoms with Crippen molar-refractivity contribution in [1.82, 2.24) is 14.8 Å². The molecule has 0 saturated carbocycles. The van der Waals surface area contributed by atoms with Gasteiger partial charge in [0.15, 0.2) is 5.16 Å². The minimum Gasteiger partial charge on any atom is -0.325 e. The highest BCUT2D eigenvalue weighted by atomic mass is 79.9. The third-order valence-corrected chi connectivity index (χ3v) is 5.32. The van der Waals surface area contributed by atoms with Gasteiger partial charge in [-0.05, 0) is 55.3 Å². The van der Waals surface area contributed by atoms with E-state index in [0.717, 1.165) is 28.1 Å². The second kappa shape index (κ2) is 8.51. The first-order valence-corrected chi connectivity index (χ1v) is 10.0. The number of halogens is 1. The van der Waals surface area contributed by atoms with E-state index in [4.69, 9.17) is 0 Å². The highest BCUT2D eigenvalue weighted by Crippen LogP contribution is 2.22. The van der Waals surface area contributed by atoms with Crippen molar-refractivity contribution >= 4 is 39.3 Å². The van der Waals surface area contributed by atoms with E-state index in [9.17, 15) is 4.79 Å². The normalized spacial score (nSPS) is 10.7. The van der Waals surface area contributed by atoms with Crippen molar-refractivity contribution in [3.8, 4) is 5.69 Å². The van der Waals surface area contributed by atoms with Gasteiger partial charge in [0.1, 0.15) is 5.82 Å². The van der Waals surface area contributed by atoms with Crippen LogP contribution in [0.15, 0.2) is 58.2 Å². The van der Waals surface area contributed by atoms with Crippen molar-refractivity contribution in [3.05, 3.63) is 64.4 Å². The molecule has 0 aliphatic rings. The van der Waals surface area contributed by atoms with Crippen LogP contribution in [0.2, 0.25) is 0 Å². The third kappa shape index (κ3) is 4.53. The number of carbonyl (C=O) groups excluding carboxylic acids is 1. The molecule has 0 aliphatic heterocycles. The van der Waals surface area contributed by atoms with Gasteiger partial charge < -0.3 is 5.32 Å². The number of aryl methyl sites for hydroxylation is 2. The number of thioether (sulfide) groups is 1. The number of benzene rings is 2. The molecule has 1 amide bonds. The first-order chi connectivity index (χ1) is 12.6. The highest BCUT2D eigenvalue weighted by molar-refractivity contribution is 9.10. The van der Waals surface area contributed by atoms with Crippen molar-refractivity contribution in [2.45, 2.75) is 25.4 Å². The van der Waals surface area contributed by atoms with Gasteiger partial charge in [-0.1, -0.05) is 46.7 Å². The summed E-state index contributed by atoms with van der Waals surface area (Å²) in [5, 5.41) is 12.0. The molecule has 0 unspecified atom stereocenters. The van der Waals surface area contributed by atoms with E-state index in [2.05, 4.69) is 62.6 Å². The summed E-state index contributed by atoms with van der Waals surface area (Å²) in [5.74, 6) is 0.984. The van der Waals surface area contributed by atoms with E-state index in [1.54, 1.807) is 0 Å². The lowest BCUT2D eigenvalue weighted by atomic mass is 10.1. The molecule has 3 rings (SSSR count). The maximum atomic E-state index is 12.2. The Hall–Kier alpha value is -2.12. The summed E-state index contributed by atoms with van der Waals surface area (Å²) in [7, 11) is 0. The molecule has 134 valence electrons. The van der Waals surface area contributed by atoms with Crippen LogP contribution in [-0.4, -0.2) is 26.4 Å². The van der Waals surface area contributed by atoms with Crippen LogP contribution < -0.4 is 5.32 Å². The second-order valence-electron chi connectivity index (χ2n) is 5.73. The first-order valence-electron chi connectivity index (χ1n) is 8.26. The Bertz CT molecular complexity index is 891. The first kappa shape index (κ1) is 18.7. The number of nitrogens with one attached hydrogen (secondary N) is 1. The molecular weight excluding hydrogens is 412 g/mol. The quantitative estimate of drug-likeness (QED) is 0.578. The molecule has 0 aliphatic carbocycles. The number of anilines is 1. The minimum absolute atomic E-state index is 0.0779. The summed E-state index contributed by atoms with van der Waals surface area (Å²) in [5.41, 5.74) is 3.05. The molecule has 1 N–H and O–H groups in total. The van der Waals surface area contributed by atoms with Gasteiger partial charge in [0.25, 0.3) is 0 Å². The molecule has 1 aromatic heterocycles. The van der Waals surface area contributed by atoms with Gasteiger partial charge in [-0.15, -0.1) is 10.2 Å². The maximum absolute atomic E-state index is 12.2. The SMILES string of the molecule is CCc1ccc(-n2c(C)nnc2SCC(=O)Nc2ccc(Br)cc2)cc1. The number of nitrogens with zero attached hydrogens (tertiary/aromatic N) is 3. The van der Waals surface area contributed by atoms with E-state index < -0.39 is 0 Å². The van der Waals surface area contributed by atoms with Crippen LogP contribution >= 0.6 is 27.7 Å². The van der Waals surface area contributed by atoms with Gasteiger partial charge in [-0.3, -0.25) is 9.36 Å². The molecule has 7 heteroatoms. The molecule has 3 aromatic rings. The average molecular weight is 431 g/mol. The molecule has 0 spiro atoms. The molecular formula is C19H19BrN4OS. The predicted molar refractivity (Wildman–Crippen MR) is 109 cm³/mol. The Morgan fingerprint density at radius 2 is 1.81 bits per heavy atom. The molecule has 0 fully saturated rings. The lowest BCUT2D eigenvalue weighted by molar-refractivity contribution is -0.113. The lowest BCUT2D eigenvalue weighted by Crippen LogP contribution is -2.14. The van der Waals surface area contributed by atoms with Crippen molar-refractivity contribution in [3.63, 3.8) is 0 Å². The Morgan fingerprint density at radius 1 is 1.12 bits per heavy atom. The summed E-state index contributed by atoms with van der Waals surface area (Å²) in [6.07, 6.45) is 0.999. The van der Waals surface area contributed by atoms with Crippen molar-refractivity contribution in [2.24, 2.45) is 0 Å². The molecule has 0 bridgehead atoms. The minimum atomic E-state index is -0.0779. The van der Waals surface area contributed by atoms with Crippen LogP contribution in [-0.2, 0) is 11.2 Å². The Kier molecular flexibility index (Phi) is 6.11. The zero-order valence-electron chi connectivity index (χ0n) is 14.6. The Morgan fingerprint density at radius 3 is 2.46 bits per heavy atom. The number of carbonyl (C=O) groups is 1. The summed E-state index contributed by atoms with van der Waals surface area (Å²) >= 11 is 4.75. The van der Waals surface area contributed by atoms with Crippen LogP contribution in [0.4, 0.5) is 5.69 Å². The van der Waals surface area contributed by atoms with E-state index in [1.165, 1.54) is 17.3 Å². The summed E-state index contributed by atoms with van der Waals surface area (Å²) in [4.78, 5) is 12.2. The van der Waals surface area contributed by atoms with Gasteiger partial charge in [-0.25, -0.2) is 0 Å². The summed E-state index contributed by atoms with van der Waals surface area (Å²) in [6, 6.07) is 15.8. The topological polar surface area (TPSA) is 59.8 Å². The fourth-order valence-electron chi connectivity index (χ4n) is 2.47. The van der Waals surface area contributed by atoms with Crippen LogP contribution in [0.3, 0.4) is 0 Å². The zero-order valence-corrected chi connectivity index (χ0v) is 17.0. The summed E-state index contributed by atoms with van der Waals surface area (Å²) < 4.78 is 2.94. The molecule has 0 radical (unpaired) electrons. The lowest BCUT2D eigenvalue weighted by Gasteiger charge is -2.09. The van der Waals surface area contributed by atoms with Gasteiger partial charge >= 0.3 is 0 Å². The Labute approximate surface area is 165 Å². The third-order valence-electron chi connectivity index (χ3n) is 3.86. The molecule has 0 atom stereocenters. The number of amides is 1. The van der Waals surface area contributed by atoms with Crippen molar-refractivity contribution in [1.29, 1.82) is 0 Å². The smallest absolute Gasteiger partial charge is 0.234 e. The molecule has 5 nitrogen and oxygen atoms in total. The highest BCUT2D eigenvalue weighted by Gasteiger charge is 2.13. The largest absolute Gasteiger partial charge is 0.325 e. The van der Waals surface area contributed by atoms with Crippen molar-refractivity contribution in [2.75, 3.05) is 11.1 Å². The molecule has 1 heterocycles. The molecule has 26 heavy (non-hydrogen) atoms. The van der Waals surface area contributed by atoms with Gasteiger partial charge in [0.05, 0.1) is 5.75 Å². The van der Waals surface area contributed by atoms with Crippen molar-refractivity contribution < 1.29 is 4.79 Å². The van der Waals surface area contributed by atoms with E-state index in [0.29, 0.717) is 5.16 Å². The van der Waals surface area contributed by atoms with E-state index in [-0.39, 0.29) is 11.7 Å². The van der Waals surface area contributed by atoms with E-state index >= 15 is 0 Å². The van der Waals surface area contributed by atoms with Gasteiger partial charge in [0, 0.05) is 15.8 Å². The standard InChI is InChI=1S/C19H19BrN4OS/c1-3-14-4-10-17(11-5-14)24-13(2)22-23-19(24)26-12-18(25)21-16-8-6-15(20)7-9-16/h4-11H,3,12H2,1-2H3,(H,21,25). The molecule has 0 saturated heterocycles. The van der Waals surface area contributed by atoms with Crippen LogP contribution in [0, 0.1) is 6.92 Å². The number of aromatic nitrogens is 3. The maximum Gasteiger partial charge on any atom is 0.234 e. The van der Waals surface area contributed by atoms with Gasteiger partial charge in [-0.2, -0.15) is 0 Å². The van der Waals surface area contributed by atoms with E-state index in [1.807, 2.05) is 35.8 Å². The average Bonchev–Trinajstić information content (AvgIpc) is 3.02. The fourth-order valence-corrected chi connectivity index (χ4v) is 3.54. The predicted octanol–water partition coefficient (Wildman–Crippen LogP) is 4.63. The fraction of sp³-hybridized carbons (Fsp3) is 0.211. The number of rotatable bonds is 6. The second-order valence-corrected chi connectivity index (χ2v) is 7.59. The van der Waals surface area contributed by atoms with Crippen LogP contribution in [0.1, 0.15) is 18.3 Å². The number of hydrogen-bond acceptors (Lipinski definition) is 4. The monoisotopic (exact) mass is 430 g/mol. The molecule has 2 aromatic carbocycles. The zero-order chi connectivity index (χ0) is 18.5.